The topological polar surface area (TPSA) is 70.7 Å². The van der Waals surface area contributed by atoms with Crippen LogP contribution < -0.4 is 5.63 Å². The van der Waals surface area contributed by atoms with Crippen LogP contribution in [-0.2, 0) is 6.42 Å². The zero-order chi connectivity index (χ0) is 13.3. The van der Waals surface area contributed by atoms with E-state index in [1.54, 1.807) is 6.07 Å². The molecule has 0 bridgehead atoms. The molecule has 4 nitrogen and oxygen atoms in total. The molecule has 0 fully saturated rings. The van der Waals surface area contributed by atoms with Crippen molar-refractivity contribution in [1.82, 2.24) is 0 Å². The second-order valence-electron chi connectivity index (χ2n) is 4.41. The number of aryl methyl sites for hydroxylation is 1. The molecule has 2 rings (SSSR count). The number of hydrogen-bond donors (Lipinski definition) is 2. The summed E-state index contributed by atoms with van der Waals surface area (Å²) in [5.41, 5.74) is 1.08. The highest BCUT2D eigenvalue weighted by molar-refractivity contribution is 5.87. The summed E-state index contributed by atoms with van der Waals surface area (Å²) in [5, 5.41) is 19.8. The van der Waals surface area contributed by atoms with E-state index in [1.807, 2.05) is 6.92 Å². The average Bonchev–Trinajstić information content (AvgIpc) is 2.34. The number of rotatable bonds is 3. The molecule has 18 heavy (non-hydrogen) atoms. The van der Waals surface area contributed by atoms with Crippen LogP contribution in [0.2, 0.25) is 0 Å². The molecule has 0 saturated heterocycles. The van der Waals surface area contributed by atoms with Crippen molar-refractivity contribution in [2.24, 2.45) is 0 Å². The highest BCUT2D eigenvalue weighted by Crippen LogP contribution is 2.34. The van der Waals surface area contributed by atoms with Crippen molar-refractivity contribution in [1.29, 1.82) is 0 Å². The minimum absolute atomic E-state index is 0.0535. The van der Waals surface area contributed by atoms with E-state index in [2.05, 4.69) is 6.92 Å². The van der Waals surface area contributed by atoms with Crippen molar-refractivity contribution < 1.29 is 14.6 Å². The molecule has 0 aliphatic rings. The minimum Gasteiger partial charge on any atom is -0.504 e. The zero-order valence-corrected chi connectivity index (χ0v) is 10.5. The van der Waals surface area contributed by atoms with Gasteiger partial charge in [-0.2, -0.15) is 0 Å². The fourth-order valence-electron chi connectivity index (χ4n) is 2.07. The van der Waals surface area contributed by atoms with Gasteiger partial charge in [0.2, 0.25) is 5.75 Å². The van der Waals surface area contributed by atoms with Gasteiger partial charge < -0.3 is 14.6 Å². The highest BCUT2D eigenvalue weighted by atomic mass is 16.4. The van der Waals surface area contributed by atoms with E-state index in [4.69, 9.17) is 4.42 Å². The molecular formula is C14H16O4. The summed E-state index contributed by atoms with van der Waals surface area (Å²) in [6, 6.07) is 3.05. The quantitative estimate of drug-likeness (QED) is 0.647. The van der Waals surface area contributed by atoms with Gasteiger partial charge in [-0.25, -0.2) is 4.79 Å². The van der Waals surface area contributed by atoms with Crippen LogP contribution in [0.15, 0.2) is 21.3 Å². The van der Waals surface area contributed by atoms with E-state index in [-0.39, 0.29) is 17.1 Å². The first-order valence-corrected chi connectivity index (χ1v) is 6.03. The van der Waals surface area contributed by atoms with Gasteiger partial charge in [-0.15, -0.1) is 0 Å². The third-order valence-corrected chi connectivity index (χ3v) is 3.19. The fraction of sp³-hybridized carbons (Fsp3) is 0.357. The van der Waals surface area contributed by atoms with Gasteiger partial charge in [-0.3, -0.25) is 0 Å². The molecule has 0 atom stereocenters. The van der Waals surface area contributed by atoms with Crippen LogP contribution >= 0.6 is 0 Å². The summed E-state index contributed by atoms with van der Waals surface area (Å²) in [6.45, 7) is 3.89. The molecule has 0 unspecified atom stereocenters. The zero-order valence-electron chi connectivity index (χ0n) is 10.5. The standard InChI is InChI=1S/C14H16O4/c1-3-4-5-10-8(2)9-6-7-11(15)12(16)13(9)18-14(10)17/h6-7,15-16H,3-5H2,1-2H3. The number of fused-ring (bicyclic) bond motifs is 1. The Morgan fingerprint density at radius 3 is 2.67 bits per heavy atom. The van der Waals surface area contributed by atoms with Crippen molar-refractivity contribution in [3.05, 3.63) is 33.7 Å². The second kappa shape index (κ2) is 4.72. The number of aromatic hydroxyl groups is 2. The Balaban J connectivity index is 2.71. The normalized spacial score (nSPS) is 11.0. The third kappa shape index (κ3) is 1.94. The SMILES string of the molecule is CCCCc1c(C)c2ccc(O)c(O)c2oc1=O. The number of hydrogen-bond acceptors (Lipinski definition) is 4. The number of phenolic OH excluding ortho intramolecular Hbond substituents is 2. The summed E-state index contributed by atoms with van der Waals surface area (Å²) < 4.78 is 5.12. The smallest absolute Gasteiger partial charge is 0.339 e. The Hall–Kier alpha value is -1.97. The van der Waals surface area contributed by atoms with Gasteiger partial charge in [0.15, 0.2) is 11.3 Å². The van der Waals surface area contributed by atoms with Crippen molar-refractivity contribution in [3.8, 4) is 11.5 Å². The van der Waals surface area contributed by atoms with Crippen LogP contribution in [0, 0.1) is 6.92 Å². The Labute approximate surface area is 104 Å². The van der Waals surface area contributed by atoms with E-state index in [0.29, 0.717) is 17.4 Å². The second-order valence-corrected chi connectivity index (χ2v) is 4.41. The van der Waals surface area contributed by atoms with Crippen LogP contribution in [0.25, 0.3) is 11.0 Å². The summed E-state index contributed by atoms with van der Waals surface area (Å²) >= 11 is 0. The first-order chi connectivity index (χ1) is 8.56. The van der Waals surface area contributed by atoms with Crippen LogP contribution in [0.3, 0.4) is 0 Å². The lowest BCUT2D eigenvalue weighted by molar-refractivity contribution is 0.397. The number of unbranched alkanes of at least 4 members (excludes halogenated alkanes) is 1. The van der Waals surface area contributed by atoms with Gasteiger partial charge in [-0.05, 0) is 37.5 Å². The maximum absolute atomic E-state index is 11.9. The molecule has 1 aromatic heterocycles. The van der Waals surface area contributed by atoms with Gasteiger partial charge >= 0.3 is 5.63 Å². The molecule has 2 N–H and O–H groups in total. The molecule has 2 aromatic rings. The molecular weight excluding hydrogens is 232 g/mol. The first kappa shape index (κ1) is 12.5. The number of phenols is 2. The van der Waals surface area contributed by atoms with Gasteiger partial charge in [0.05, 0.1) is 0 Å². The van der Waals surface area contributed by atoms with Crippen molar-refractivity contribution in [2.75, 3.05) is 0 Å². The first-order valence-electron chi connectivity index (χ1n) is 6.03. The average molecular weight is 248 g/mol. The Morgan fingerprint density at radius 1 is 1.28 bits per heavy atom. The summed E-state index contributed by atoms with van der Waals surface area (Å²) in [4.78, 5) is 11.9. The van der Waals surface area contributed by atoms with E-state index in [9.17, 15) is 15.0 Å². The monoisotopic (exact) mass is 248 g/mol. The molecule has 0 radical (unpaired) electrons. The maximum Gasteiger partial charge on any atom is 0.339 e. The lowest BCUT2D eigenvalue weighted by Crippen LogP contribution is -2.10. The lowest BCUT2D eigenvalue weighted by atomic mass is 10.0. The molecule has 96 valence electrons. The predicted octanol–water partition coefficient (Wildman–Crippen LogP) is 2.86. The predicted molar refractivity (Wildman–Crippen MR) is 69.2 cm³/mol. The van der Waals surface area contributed by atoms with Crippen molar-refractivity contribution in [2.45, 2.75) is 33.1 Å². The van der Waals surface area contributed by atoms with E-state index in [0.717, 1.165) is 18.4 Å². The van der Waals surface area contributed by atoms with Crippen LogP contribution in [-0.4, -0.2) is 10.2 Å². The lowest BCUT2D eigenvalue weighted by Gasteiger charge is -2.08. The van der Waals surface area contributed by atoms with Crippen molar-refractivity contribution >= 4 is 11.0 Å². The van der Waals surface area contributed by atoms with Gasteiger partial charge in [0, 0.05) is 10.9 Å². The van der Waals surface area contributed by atoms with E-state index >= 15 is 0 Å². The summed E-state index contributed by atoms with van der Waals surface area (Å²) in [7, 11) is 0. The summed E-state index contributed by atoms with van der Waals surface area (Å²) in [6.07, 6.45) is 2.58. The molecule has 1 aromatic carbocycles. The Bertz CT molecular complexity index is 640. The number of benzene rings is 1. The van der Waals surface area contributed by atoms with Crippen LogP contribution in [0.5, 0.6) is 11.5 Å². The Morgan fingerprint density at radius 2 is 2.00 bits per heavy atom. The van der Waals surface area contributed by atoms with Gasteiger partial charge in [0.25, 0.3) is 0 Å². The van der Waals surface area contributed by atoms with Gasteiger partial charge in [-0.1, -0.05) is 13.3 Å². The fourth-order valence-corrected chi connectivity index (χ4v) is 2.07. The molecule has 0 amide bonds. The molecule has 0 spiro atoms. The van der Waals surface area contributed by atoms with E-state index in [1.165, 1.54) is 6.07 Å². The molecule has 0 aliphatic carbocycles. The van der Waals surface area contributed by atoms with Gasteiger partial charge in [0.1, 0.15) is 0 Å². The maximum atomic E-state index is 11.9. The highest BCUT2D eigenvalue weighted by Gasteiger charge is 2.15. The van der Waals surface area contributed by atoms with Crippen LogP contribution in [0.4, 0.5) is 0 Å². The molecule has 4 heteroatoms. The molecule has 0 saturated carbocycles. The van der Waals surface area contributed by atoms with Crippen LogP contribution in [0.1, 0.15) is 30.9 Å². The summed E-state index contributed by atoms with van der Waals surface area (Å²) in [5.74, 6) is -0.666. The largest absolute Gasteiger partial charge is 0.504 e. The Kier molecular flexibility index (Phi) is 3.28. The minimum atomic E-state index is -0.436. The van der Waals surface area contributed by atoms with E-state index < -0.39 is 5.63 Å². The third-order valence-electron chi connectivity index (χ3n) is 3.19. The molecule has 0 aliphatic heterocycles. The molecule has 1 heterocycles. The van der Waals surface area contributed by atoms with Crippen molar-refractivity contribution in [3.63, 3.8) is 0 Å².